The van der Waals surface area contributed by atoms with Crippen LogP contribution < -0.4 is 24.4 Å². The summed E-state index contributed by atoms with van der Waals surface area (Å²) in [5.74, 6) is 2.33. The Morgan fingerprint density at radius 1 is 0.857 bits per heavy atom. The number of piperidine rings is 1. The molecule has 1 fully saturated rings. The smallest absolute Gasteiger partial charge is 0.235 e. The predicted octanol–water partition coefficient (Wildman–Crippen LogP) is 5.52. The molecule has 0 bridgehead atoms. The number of nitrogens with zero attached hydrogens (tertiary/aromatic N) is 1. The summed E-state index contributed by atoms with van der Waals surface area (Å²) in [6.45, 7) is 4.02. The fraction of sp³-hybridized carbons (Fsp3) is 0.464. The van der Waals surface area contributed by atoms with E-state index in [2.05, 4.69) is 4.90 Å². The second-order valence-corrected chi connectivity index (χ2v) is 8.83. The summed E-state index contributed by atoms with van der Waals surface area (Å²) in [7, 11) is 4.74. The highest BCUT2D eigenvalue weighted by Crippen LogP contribution is 2.37. The molecular formula is C28H35NO6. The Kier molecular flexibility index (Phi) is 8.53. The average Bonchev–Trinajstić information content (AvgIpc) is 2.91. The zero-order valence-electron chi connectivity index (χ0n) is 20.9. The third-order valence-electron chi connectivity index (χ3n) is 6.52. The number of benzene rings is 2. The quantitative estimate of drug-likeness (QED) is 0.334. The van der Waals surface area contributed by atoms with E-state index in [0.29, 0.717) is 46.1 Å². The van der Waals surface area contributed by atoms with Crippen molar-refractivity contribution in [2.24, 2.45) is 0 Å². The number of rotatable bonds is 11. The fourth-order valence-electron chi connectivity index (χ4n) is 4.55. The number of methoxy groups -OCH3 is 3. The van der Waals surface area contributed by atoms with Gasteiger partial charge in [0, 0.05) is 11.6 Å². The molecule has 0 amide bonds. The van der Waals surface area contributed by atoms with Crippen LogP contribution in [0.3, 0.4) is 0 Å². The second kappa shape index (κ2) is 12.0. The predicted molar refractivity (Wildman–Crippen MR) is 137 cm³/mol. The molecule has 0 radical (unpaired) electrons. The molecule has 2 heterocycles. The molecule has 0 N–H and O–H groups in total. The molecule has 0 saturated carbocycles. The van der Waals surface area contributed by atoms with Gasteiger partial charge in [-0.15, -0.1) is 0 Å². The first-order chi connectivity index (χ1) is 17.1. The van der Waals surface area contributed by atoms with Gasteiger partial charge in [0.05, 0.1) is 33.3 Å². The van der Waals surface area contributed by atoms with Crippen LogP contribution in [0.4, 0.5) is 0 Å². The van der Waals surface area contributed by atoms with Crippen molar-refractivity contribution >= 4 is 11.0 Å². The van der Waals surface area contributed by atoms with Crippen molar-refractivity contribution in [1.29, 1.82) is 0 Å². The van der Waals surface area contributed by atoms with Crippen molar-refractivity contribution in [3.63, 3.8) is 0 Å². The third-order valence-corrected chi connectivity index (χ3v) is 6.52. The van der Waals surface area contributed by atoms with Gasteiger partial charge in [-0.2, -0.15) is 0 Å². The minimum Gasteiger partial charge on any atom is -0.497 e. The molecule has 3 aromatic rings. The van der Waals surface area contributed by atoms with E-state index in [1.807, 2.05) is 6.07 Å². The van der Waals surface area contributed by atoms with Gasteiger partial charge in [0.15, 0.2) is 17.3 Å². The molecule has 2 aromatic carbocycles. The number of likely N-dealkylation sites (tertiary alicyclic amines) is 1. The van der Waals surface area contributed by atoms with E-state index in [1.54, 1.807) is 51.7 Å². The van der Waals surface area contributed by atoms with Crippen LogP contribution in [-0.2, 0) is 0 Å². The van der Waals surface area contributed by atoms with Gasteiger partial charge in [-0.1, -0.05) is 6.42 Å². The summed E-state index contributed by atoms with van der Waals surface area (Å²) >= 11 is 0. The zero-order chi connectivity index (χ0) is 24.6. The molecule has 35 heavy (non-hydrogen) atoms. The molecule has 7 nitrogen and oxygen atoms in total. The minimum atomic E-state index is -0.202. The summed E-state index contributed by atoms with van der Waals surface area (Å²) in [4.78, 5) is 16.0. The Balaban J connectivity index is 1.56. The molecule has 4 rings (SSSR count). The SMILES string of the molecule is COc1ccc2c(=O)c(OCCCCCN3CCCCC3)c(-c3ccc(OC)c(OC)c3)oc2c1. The maximum absolute atomic E-state index is 13.4. The lowest BCUT2D eigenvalue weighted by atomic mass is 10.1. The first-order valence-electron chi connectivity index (χ1n) is 12.4. The monoisotopic (exact) mass is 481 g/mol. The van der Waals surface area contributed by atoms with Gasteiger partial charge < -0.3 is 28.3 Å². The number of fused-ring (bicyclic) bond motifs is 1. The highest BCUT2D eigenvalue weighted by atomic mass is 16.5. The normalized spacial score (nSPS) is 14.1. The third kappa shape index (κ3) is 5.90. The van der Waals surface area contributed by atoms with Gasteiger partial charge in [0.25, 0.3) is 0 Å². The lowest BCUT2D eigenvalue weighted by molar-refractivity contribution is 0.220. The van der Waals surface area contributed by atoms with Crippen molar-refractivity contribution in [2.75, 3.05) is 47.6 Å². The van der Waals surface area contributed by atoms with Crippen molar-refractivity contribution in [3.05, 3.63) is 46.6 Å². The summed E-state index contributed by atoms with van der Waals surface area (Å²) in [5, 5.41) is 0.454. The molecule has 1 aromatic heterocycles. The first kappa shape index (κ1) is 24.9. The molecule has 1 saturated heterocycles. The maximum atomic E-state index is 13.4. The number of hydrogen-bond donors (Lipinski definition) is 0. The molecule has 188 valence electrons. The van der Waals surface area contributed by atoms with Crippen LogP contribution in [0.25, 0.3) is 22.3 Å². The van der Waals surface area contributed by atoms with Crippen LogP contribution in [0.5, 0.6) is 23.0 Å². The van der Waals surface area contributed by atoms with Crippen LogP contribution in [-0.4, -0.2) is 52.5 Å². The Hall–Kier alpha value is -3.19. The van der Waals surface area contributed by atoms with Gasteiger partial charge in [-0.3, -0.25) is 4.79 Å². The Bertz CT molecular complexity index is 1180. The molecular weight excluding hydrogens is 446 g/mol. The van der Waals surface area contributed by atoms with Crippen molar-refractivity contribution in [2.45, 2.75) is 38.5 Å². The Morgan fingerprint density at radius 3 is 2.40 bits per heavy atom. The highest BCUT2D eigenvalue weighted by molar-refractivity contribution is 5.83. The minimum absolute atomic E-state index is 0.202. The molecule has 0 atom stereocenters. The van der Waals surface area contributed by atoms with Gasteiger partial charge >= 0.3 is 0 Å². The fourth-order valence-corrected chi connectivity index (χ4v) is 4.55. The van der Waals surface area contributed by atoms with Crippen LogP contribution >= 0.6 is 0 Å². The molecule has 0 aliphatic carbocycles. The van der Waals surface area contributed by atoms with Crippen molar-refractivity contribution in [3.8, 4) is 34.3 Å². The second-order valence-electron chi connectivity index (χ2n) is 8.83. The van der Waals surface area contributed by atoms with Crippen molar-refractivity contribution in [1.82, 2.24) is 4.90 Å². The van der Waals surface area contributed by atoms with E-state index in [0.717, 1.165) is 25.8 Å². The number of hydrogen-bond acceptors (Lipinski definition) is 7. The van der Waals surface area contributed by atoms with E-state index < -0.39 is 0 Å². The zero-order valence-corrected chi connectivity index (χ0v) is 20.9. The lowest BCUT2D eigenvalue weighted by Gasteiger charge is -2.26. The van der Waals surface area contributed by atoms with Crippen LogP contribution in [0.2, 0.25) is 0 Å². The Morgan fingerprint density at radius 2 is 1.66 bits per heavy atom. The largest absolute Gasteiger partial charge is 0.497 e. The summed E-state index contributed by atoms with van der Waals surface area (Å²) in [6.07, 6.45) is 7.04. The molecule has 0 unspecified atom stereocenters. The number of ether oxygens (including phenoxy) is 4. The van der Waals surface area contributed by atoms with Crippen LogP contribution in [0, 0.1) is 0 Å². The van der Waals surface area contributed by atoms with Crippen molar-refractivity contribution < 1.29 is 23.4 Å². The van der Waals surface area contributed by atoms with Gasteiger partial charge in [0.2, 0.25) is 11.2 Å². The van der Waals surface area contributed by atoms with Gasteiger partial charge in [0.1, 0.15) is 11.3 Å². The standard InChI is InChI=1S/C28H35NO6/c1-31-21-11-12-22-24(19-21)35-27(20-10-13-23(32-2)25(18-20)33-3)28(26(22)30)34-17-9-5-8-16-29-14-6-4-7-15-29/h10-13,18-19H,4-9,14-17H2,1-3H3. The van der Waals surface area contributed by atoms with Gasteiger partial charge in [-0.05, 0) is 82.1 Å². The first-order valence-corrected chi connectivity index (χ1v) is 12.4. The Labute approximate surface area is 206 Å². The molecule has 1 aliphatic heterocycles. The molecule has 0 spiro atoms. The van der Waals surface area contributed by atoms with E-state index in [4.69, 9.17) is 23.4 Å². The van der Waals surface area contributed by atoms with E-state index in [9.17, 15) is 4.79 Å². The average molecular weight is 482 g/mol. The maximum Gasteiger partial charge on any atom is 0.235 e. The van der Waals surface area contributed by atoms with Crippen LogP contribution in [0.15, 0.2) is 45.6 Å². The van der Waals surface area contributed by atoms with E-state index >= 15 is 0 Å². The summed E-state index contributed by atoms with van der Waals surface area (Å²) < 4.78 is 28.4. The highest BCUT2D eigenvalue weighted by Gasteiger charge is 2.20. The summed E-state index contributed by atoms with van der Waals surface area (Å²) in [5.41, 5.74) is 0.907. The topological polar surface area (TPSA) is 70.4 Å². The van der Waals surface area contributed by atoms with E-state index in [1.165, 1.54) is 32.4 Å². The van der Waals surface area contributed by atoms with Gasteiger partial charge in [-0.25, -0.2) is 0 Å². The van der Waals surface area contributed by atoms with E-state index in [-0.39, 0.29) is 11.2 Å². The summed E-state index contributed by atoms with van der Waals surface area (Å²) in [6, 6.07) is 10.6. The molecule has 7 heteroatoms. The number of unbranched alkanes of at least 4 members (excludes halogenated alkanes) is 2. The lowest BCUT2D eigenvalue weighted by Crippen LogP contribution is -2.30. The molecule has 1 aliphatic rings. The van der Waals surface area contributed by atoms with Crippen LogP contribution in [0.1, 0.15) is 38.5 Å².